The van der Waals surface area contributed by atoms with E-state index in [0.717, 1.165) is 12.8 Å². The molecule has 3 rings (SSSR count). The van der Waals surface area contributed by atoms with Crippen molar-refractivity contribution >= 4 is 21.6 Å². The molecule has 1 heterocycles. The van der Waals surface area contributed by atoms with Gasteiger partial charge in [-0.3, -0.25) is 4.79 Å². The standard InChI is InChI=1S/C21H25FN2O4S/c1-15-6-7-16(13-20(15)22)23-21(25)14-17-5-3-4-12-24(17)29(26,27)19-10-8-18(28-2)9-11-19/h6-11,13,17H,3-5,12,14H2,1-2H3,(H,23,25). The molecular weight excluding hydrogens is 395 g/mol. The zero-order valence-corrected chi connectivity index (χ0v) is 17.3. The molecule has 6 nitrogen and oxygen atoms in total. The number of hydrogen-bond donors (Lipinski definition) is 1. The molecule has 1 aliphatic rings. The van der Waals surface area contributed by atoms with Gasteiger partial charge in [-0.2, -0.15) is 4.31 Å². The SMILES string of the molecule is COc1ccc(S(=O)(=O)N2CCCCC2CC(=O)Nc2ccc(C)c(F)c2)cc1. The zero-order chi connectivity index (χ0) is 21.0. The fourth-order valence-electron chi connectivity index (χ4n) is 3.47. The molecule has 8 heteroatoms. The third kappa shape index (κ3) is 4.94. The van der Waals surface area contributed by atoms with E-state index in [1.54, 1.807) is 31.2 Å². The van der Waals surface area contributed by atoms with Gasteiger partial charge in [0.05, 0.1) is 12.0 Å². The van der Waals surface area contributed by atoms with Gasteiger partial charge in [-0.25, -0.2) is 12.8 Å². The van der Waals surface area contributed by atoms with E-state index >= 15 is 0 Å². The Morgan fingerprint density at radius 2 is 1.93 bits per heavy atom. The van der Waals surface area contributed by atoms with Gasteiger partial charge in [-0.1, -0.05) is 12.5 Å². The van der Waals surface area contributed by atoms with Crippen molar-refractivity contribution in [1.82, 2.24) is 4.31 Å². The van der Waals surface area contributed by atoms with E-state index in [9.17, 15) is 17.6 Å². The van der Waals surface area contributed by atoms with Crippen molar-refractivity contribution in [2.75, 3.05) is 19.0 Å². The van der Waals surface area contributed by atoms with Gasteiger partial charge in [0.15, 0.2) is 0 Å². The van der Waals surface area contributed by atoms with E-state index < -0.39 is 21.9 Å². The molecule has 0 aromatic heterocycles. The number of amides is 1. The monoisotopic (exact) mass is 420 g/mol. The summed E-state index contributed by atoms with van der Waals surface area (Å²) in [6.45, 7) is 2.01. The summed E-state index contributed by atoms with van der Waals surface area (Å²) in [4.78, 5) is 12.7. The molecule has 1 atom stereocenters. The largest absolute Gasteiger partial charge is 0.497 e. The lowest BCUT2D eigenvalue weighted by Crippen LogP contribution is -2.45. The Balaban J connectivity index is 1.74. The Hall–Kier alpha value is -2.45. The molecule has 1 saturated heterocycles. The minimum absolute atomic E-state index is 0.0187. The molecule has 0 radical (unpaired) electrons. The van der Waals surface area contributed by atoms with Crippen LogP contribution < -0.4 is 10.1 Å². The molecule has 1 N–H and O–H groups in total. The Kier molecular flexibility index (Phi) is 6.54. The summed E-state index contributed by atoms with van der Waals surface area (Å²) in [6.07, 6.45) is 2.22. The summed E-state index contributed by atoms with van der Waals surface area (Å²) in [5, 5.41) is 2.67. The molecule has 2 aromatic carbocycles. The third-order valence-electron chi connectivity index (χ3n) is 5.12. The number of anilines is 1. The first kappa shape index (κ1) is 21.3. The van der Waals surface area contributed by atoms with Gasteiger partial charge in [0.1, 0.15) is 11.6 Å². The normalized spacial score (nSPS) is 17.7. The molecule has 156 valence electrons. The van der Waals surface area contributed by atoms with E-state index in [-0.39, 0.29) is 17.2 Å². The maximum Gasteiger partial charge on any atom is 0.243 e. The van der Waals surface area contributed by atoms with Crippen molar-refractivity contribution in [2.24, 2.45) is 0 Å². The molecular formula is C21H25FN2O4S. The van der Waals surface area contributed by atoms with E-state index in [1.807, 2.05) is 0 Å². The molecule has 0 bridgehead atoms. The van der Waals surface area contributed by atoms with Gasteiger partial charge in [0.25, 0.3) is 0 Å². The second-order valence-electron chi connectivity index (χ2n) is 7.16. The number of halogens is 1. The number of hydrogen-bond acceptors (Lipinski definition) is 4. The number of piperidine rings is 1. The minimum Gasteiger partial charge on any atom is -0.497 e. The summed E-state index contributed by atoms with van der Waals surface area (Å²) in [5.41, 5.74) is 0.852. The lowest BCUT2D eigenvalue weighted by atomic mass is 10.0. The molecule has 29 heavy (non-hydrogen) atoms. The molecule has 0 aliphatic carbocycles. The van der Waals surface area contributed by atoms with Gasteiger partial charge >= 0.3 is 0 Å². The molecule has 0 spiro atoms. The van der Waals surface area contributed by atoms with Crippen molar-refractivity contribution in [1.29, 1.82) is 0 Å². The first-order valence-corrected chi connectivity index (χ1v) is 11.0. The maximum absolute atomic E-state index is 13.7. The minimum atomic E-state index is -3.73. The number of ether oxygens (including phenoxy) is 1. The molecule has 1 fully saturated rings. The van der Waals surface area contributed by atoms with Crippen LogP contribution in [0.3, 0.4) is 0 Å². The highest BCUT2D eigenvalue weighted by Crippen LogP contribution is 2.28. The summed E-state index contributed by atoms with van der Waals surface area (Å²) < 4.78 is 46.4. The lowest BCUT2D eigenvalue weighted by molar-refractivity contribution is -0.117. The van der Waals surface area contributed by atoms with E-state index in [2.05, 4.69) is 5.32 Å². The Labute approximate surface area is 170 Å². The topological polar surface area (TPSA) is 75.7 Å². The van der Waals surface area contributed by atoms with Crippen molar-refractivity contribution < 1.29 is 22.3 Å². The first-order valence-electron chi connectivity index (χ1n) is 9.53. The highest BCUT2D eigenvalue weighted by atomic mass is 32.2. The van der Waals surface area contributed by atoms with Gasteiger partial charge in [-0.15, -0.1) is 0 Å². The number of nitrogens with zero attached hydrogens (tertiary/aromatic N) is 1. The first-order chi connectivity index (χ1) is 13.8. The fourth-order valence-corrected chi connectivity index (χ4v) is 5.17. The molecule has 1 aliphatic heterocycles. The van der Waals surface area contributed by atoms with Crippen LogP contribution in [0, 0.1) is 12.7 Å². The van der Waals surface area contributed by atoms with Crippen LogP contribution in [0.5, 0.6) is 5.75 Å². The van der Waals surface area contributed by atoms with Crippen molar-refractivity contribution in [3.63, 3.8) is 0 Å². The third-order valence-corrected chi connectivity index (χ3v) is 7.08. The van der Waals surface area contributed by atoms with Gasteiger partial charge in [0, 0.05) is 24.7 Å². The average Bonchev–Trinajstić information content (AvgIpc) is 2.71. The summed E-state index contributed by atoms with van der Waals surface area (Å²) in [5.74, 6) is -0.164. The Bertz CT molecular complexity index is 977. The van der Waals surface area contributed by atoms with E-state index in [4.69, 9.17) is 4.74 Å². The summed E-state index contributed by atoms with van der Waals surface area (Å²) >= 11 is 0. The van der Waals surface area contributed by atoms with Crippen LogP contribution in [-0.4, -0.2) is 38.3 Å². The van der Waals surface area contributed by atoms with Crippen LogP contribution >= 0.6 is 0 Å². The van der Waals surface area contributed by atoms with Crippen LogP contribution in [0.2, 0.25) is 0 Å². The number of aryl methyl sites for hydroxylation is 1. The number of sulfonamides is 1. The Morgan fingerprint density at radius 3 is 2.59 bits per heavy atom. The van der Waals surface area contributed by atoms with Gasteiger partial charge < -0.3 is 10.1 Å². The smallest absolute Gasteiger partial charge is 0.243 e. The van der Waals surface area contributed by atoms with Crippen LogP contribution in [0.4, 0.5) is 10.1 Å². The average molecular weight is 421 g/mol. The Morgan fingerprint density at radius 1 is 1.21 bits per heavy atom. The highest BCUT2D eigenvalue weighted by Gasteiger charge is 2.34. The fraction of sp³-hybridized carbons (Fsp3) is 0.381. The zero-order valence-electron chi connectivity index (χ0n) is 16.5. The van der Waals surface area contributed by atoms with Crippen LogP contribution in [0.15, 0.2) is 47.4 Å². The van der Waals surface area contributed by atoms with Gasteiger partial charge in [0.2, 0.25) is 15.9 Å². The second kappa shape index (κ2) is 8.92. The maximum atomic E-state index is 13.7. The number of benzene rings is 2. The van der Waals surface area contributed by atoms with Crippen molar-refractivity contribution in [3.8, 4) is 5.75 Å². The number of carbonyl (C=O) groups is 1. The molecule has 0 saturated carbocycles. The predicted octanol–water partition coefficient (Wildman–Crippen LogP) is 3.71. The second-order valence-corrected chi connectivity index (χ2v) is 9.05. The van der Waals surface area contributed by atoms with Gasteiger partial charge in [-0.05, 0) is 61.7 Å². The van der Waals surface area contributed by atoms with Crippen molar-refractivity contribution in [3.05, 3.63) is 53.8 Å². The predicted molar refractivity (Wildman–Crippen MR) is 109 cm³/mol. The number of rotatable bonds is 6. The van der Waals surface area contributed by atoms with Crippen LogP contribution in [0.1, 0.15) is 31.2 Å². The van der Waals surface area contributed by atoms with Crippen molar-refractivity contribution in [2.45, 2.75) is 43.5 Å². The molecule has 1 unspecified atom stereocenters. The quantitative estimate of drug-likeness (QED) is 0.773. The number of nitrogens with one attached hydrogen (secondary N) is 1. The van der Waals surface area contributed by atoms with Crippen LogP contribution in [0.25, 0.3) is 0 Å². The lowest BCUT2D eigenvalue weighted by Gasteiger charge is -2.34. The number of methoxy groups -OCH3 is 1. The highest BCUT2D eigenvalue weighted by molar-refractivity contribution is 7.89. The molecule has 1 amide bonds. The van der Waals surface area contributed by atoms with E-state index in [1.165, 1.54) is 29.6 Å². The van der Waals surface area contributed by atoms with Crippen LogP contribution in [-0.2, 0) is 14.8 Å². The summed E-state index contributed by atoms with van der Waals surface area (Å²) in [6, 6.07) is 10.3. The summed E-state index contributed by atoms with van der Waals surface area (Å²) in [7, 11) is -2.21. The van der Waals surface area contributed by atoms with E-state index in [0.29, 0.717) is 30.0 Å². The number of carbonyl (C=O) groups excluding carboxylic acids is 1. The molecule has 2 aromatic rings.